The van der Waals surface area contributed by atoms with Crippen LogP contribution in [0, 0.1) is 17.8 Å². The number of carbonyl (C=O) groups is 4. The van der Waals surface area contributed by atoms with Crippen LogP contribution in [0.4, 0.5) is 0 Å². The number of hydrogen-bond acceptors (Lipinski definition) is 8. The Balaban J connectivity index is 3.00. The van der Waals surface area contributed by atoms with Gasteiger partial charge in [-0.1, -0.05) is 38.2 Å². The van der Waals surface area contributed by atoms with Crippen LogP contribution >= 0.6 is 12.9 Å². The molecule has 38 heavy (non-hydrogen) atoms. The molecule has 5 atom stereocenters. The number of ether oxygens (including phenoxy) is 2. The first-order valence-electron chi connectivity index (χ1n) is 13.0. The number of amides is 2. The molecule has 0 saturated carbocycles. The van der Waals surface area contributed by atoms with E-state index >= 15 is 0 Å². The van der Waals surface area contributed by atoms with Crippen LogP contribution in [-0.2, 0) is 32.8 Å². The third kappa shape index (κ3) is 11.5. The molecule has 8 nitrogen and oxygen atoms in total. The molecule has 1 aliphatic heterocycles. The van der Waals surface area contributed by atoms with Crippen LogP contribution in [0.1, 0.15) is 65.7 Å². The van der Waals surface area contributed by atoms with Crippen molar-refractivity contribution in [3.8, 4) is 0 Å². The number of unbranched alkanes of at least 4 members (excludes halogenated alkanes) is 1. The molecule has 0 aromatic heterocycles. The Labute approximate surface area is 232 Å². The number of esters is 1. The van der Waals surface area contributed by atoms with E-state index in [2.05, 4.69) is 31.4 Å². The number of nitrogens with one attached hydrogen (secondary N) is 1. The average Bonchev–Trinajstić information content (AvgIpc) is 2.87. The molecule has 1 N–H and O–H groups in total. The van der Waals surface area contributed by atoms with Crippen molar-refractivity contribution in [3.63, 3.8) is 0 Å². The number of rotatable bonds is 18. The predicted molar refractivity (Wildman–Crippen MR) is 150 cm³/mol. The maximum Gasteiger partial charge on any atom is 0.331 e. The minimum atomic E-state index is -0.783. The highest BCUT2D eigenvalue weighted by Gasteiger charge is 2.31. The van der Waals surface area contributed by atoms with Crippen LogP contribution in [0.2, 0.25) is 0 Å². The maximum absolute atomic E-state index is 13.2. The molecule has 1 fully saturated rings. The summed E-state index contributed by atoms with van der Waals surface area (Å²) in [6.45, 7) is 12.9. The van der Waals surface area contributed by atoms with Crippen LogP contribution in [0.3, 0.4) is 0 Å². The van der Waals surface area contributed by atoms with E-state index < -0.39 is 30.2 Å². The molecule has 0 bridgehead atoms. The SMILES string of the molecule is C=CCC/C=C/C(=O)O[C@@H](/C(C)=C\[C@@H](C)[C@H](OS)C(C=C)OC)[C@H](C)C(=O)CCCC1CC(=O)NC(=O)C1. The van der Waals surface area contributed by atoms with Gasteiger partial charge in [0.05, 0.1) is 5.92 Å². The lowest BCUT2D eigenvalue weighted by Crippen LogP contribution is -2.38. The smallest absolute Gasteiger partial charge is 0.331 e. The van der Waals surface area contributed by atoms with E-state index in [4.69, 9.17) is 13.7 Å². The fraction of sp³-hybridized carbons (Fsp3) is 0.586. The van der Waals surface area contributed by atoms with E-state index in [1.807, 2.05) is 19.9 Å². The van der Waals surface area contributed by atoms with Gasteiger partial charge in [-0.25, -0.2) is 4.79 Å². The second-order valence-electron chi connectivity index (χ2n) is 9.79. The molecule has 1 unspecified atom stereocenters. The molecule has 1 heterocycles. The molecule has 212 valence electrons. The summed E-state index contributed by atoms with van der Waals surface area (Å²) in [7, 11) is 1.55. The van der Waals surface area contributed by atoms with E-state index in [0.717, 1.165) is 6.42 Å². The zero-order valence-electron chi connectivity index (χ0n) is 23.0. The van der Waals surface area contributed by atoms with Crippen molar-refractivity contribution < 1.29 is 32.8 Å². The number of carbonyl (C=O) groups excluding carboxylic acids is 4. The quantitative estimate of drug-likeness (QED) is 0.0478. The Kier molecular flexibility index (Phi) is 15.8. The highest BCUT2D eigenvalue weighted by atomic mass is 32.1. The van der Waals surface area contributed by atoms with Crippen molar-refractivity contribution >= 4 is 36.5 Å². The molecule has 1 saturated heterocycles. The number of ketones is 1. The zero-order valence-corrected chi connectivity index (χ0v) is 23.9. The number of imide groups is 1. The van der Waals surface area contributed by atoms with Gasteiger partial charge in [-0.3, -0.25) is 19.7 Å². The molecule has 9 heteroatoms. The summed E-state index contributed by atoms with van der Waals surface area (Å²) in [4.78, 5) is 49.0. The number of hydrogen-bond donors (Lipinski definition) is 2. The minimum Gasteiger partial charge on any atom is -0.454 e. The van der Waals surface area contributed by atoms with Crippen LogP contribution in [0.25, 0.3) is 0 Å². The second-order valence-corrected chi connectivity index (χ2v) is 10.0. The predicted octanol–water partition coefficient (Wildman–Crippen LogP) is 4.86. The van der Waals surface area contributed by atoms with Crippen molar-refractivity contribution in [1.29, 1.82) is 0 Å². The largest absolute Gasteiger partial charge is 0.454 e. The van der Waals surface area contributed by atoms with Gasteiger partial charge in [-0.2, -0.15) is 0 Å². The molecule has 0 radical (unpaired) electrons. The summed E-state index contributed by atoms with van der Waals surface area (Å²) >= 11 is 4.00. The summed E-state index contributed by atoms with van der Waals surface area (Å²) in [6.07, 6.45) is 10.1. The average molecular weight is 550 g/mol. The first kappa shape index (κ1) is 33.5. The zero-order chi connectivity index (χ0) is 28.7. The van der Waals surface area contributed by atoms with Gasteiger partial charge in [0.1, 0.15) is 24.1 Å². The molecule has 1 rings (SSSR count). The van der Waals surface area contributed by atoms with E-state index in [1.165, 1.54) is 6.08 Å². The Morgan fingerprint density at radius 3 is 2.37 bits per heavy atom. The first-order valence-corrected chi connectivity index (χ1v) is 13.4. The van der Waals surface area contributed by atoms with Gasteiger partial charge < -0.3 is 13.7 Å². The van der Waals surface area contributed by atoms with E-state index in [-0.39, 0.29) is 48.7 Å². The summed E-state index contributed by atoms with van der Waals surface area (Å²) in [5.74, 6) is -2.01. The highest BCUT2D eigenvalue weighted by molar-refractivity contribution is 7.75. The molecule has 0 aromatic carbocycles. The second kappa shape index (κ2) is 17.9. The summed E-state index contributed by atoms with van der Waals surface area (Å²) in [5.41, 5.74) is 0.704. The Hall–Kier alpha value is -2.49. The molecule has 0 aliphatic carbocycles. The maximum atomic E-state index is 13.2. The summed E-state index contributed by atoms with van der Waals surface area (Å²) in [5, 5.41) is 2.30. The summed E-state index contributed by atoms with van der Waals surface area (Å²) < 4.78 is 16.5. The first-order chi connectivity index (χ1) is 18.1. The van der Waals surface area contributed by atoms with Gasteiger partial charge >= 0.3 is 5.97 Å². The van der Waals surface area contributed by atoms with Crippen molar-refractivity contribution in [2.75, 3.05) is 7.11 Å². The monoisotopic (exact) mass is 549 g/mol. The number of methoxy groups -OCH3 is 1. The molecular formula is C29H43NO7S. The summed E-state index contributed by atoms with van der Waals surface area (Å²) in [6, 6.07) is 0. The fourth-order valence-corrected chi connectivity index (χ4v) is 4.90. The minimum absolute atomic E-state index is 0.0618. The van der Waals surface area contributed by atoms with Crippen LogP contribution < -0.4 is 5.32 Å². The molecule has 0 aromatic rings. The lowest BCUT2D eigenvalue weighted by atomic mass is 9.86. The Morgan fingerprint density at radius 2 is 1.82 bits per heavy atom. The standard InChI is InChI=1S/C29H43NO7S/c1-7-9-10-11-15-27(34)36-28(19(3)16-20(4)29(37-38)24(8-2)35-6)21(5)23(31)14-12-13-22-17-25(32)30-26(33)18-22/h7-8,11,15-16,20-22,24,28-29,38H,1-2,9-10,12-14,17-18H2,3-6H3,(H,30,32,33)/b15-11+,19-16-/t20-,21-,24?,28+,29+/m1/s1. The van der Waals surface area contributed by atoms with E-state index in [9.17, 15) is 19.2 Å². The van der Waals surface area contributed by atoms with Gasteiger partial charge in [0.25, 0.3) is 0 Å². The Bertz CT molecular complexity index is 881. The number of thiol groups is 1. The van der Waals surface area contributed by atoms with Gasteiger partial charge in [-0.05, 0) is 57.0 Å². The molecular weight excluding hydrogens is 506 g/mol. The molecule has 2 amide bonds. The van der Waals surface area contributed by atoms with Crippen LogP contribution in [-0.4, -0.2) is 49.0 Å². The van der Waals surface area contributed by atoms with Gasteiger partial charge in [0.15, 0.2) is 0 Å². The lowest BCUT2D eigenvalue weighted by Gasteiger charge is -2.28. The lowest BCUT2D eigenvalue weighted by molar-refractivity contribution is -0.145. The van der Waals surface area contributed by atoms with Gasteiger partial charge in [0, 0.05) is 38.4 Å². The number of allylic oxidation sites excluding steroid dienone is 2. The van der Waals surface area contributed by atoms with E-state index in [0.29, 0.717) is 24.8 Å². The van der Waals surface area contributed by atoms with Crippen molar-refractivity contribution in [2.45, 2.75) is 84.0 Å². The Morgan fingerprint density at radius 1 is 1.16 bits per heavy atom. The third-order valence-electron chi connectivity index (χ3n) is 6.70. The van der Waals surface area contributed by atoms with Crippen molar-refractivity contribution in [1.82, 2.24) is 5.32 Å². The fourth-order valence-electron chi connectivity index (χ4n) is 4.59. The van der Waals surface area contributed by atoms with Gasteiger partial charge in [-0.15, -0.1) is 13.2 Å². The van der Waals surface area contributed by atoms with Crippen molar-refractivity contribution in [3.05, 3.63) is 49.1 Å². The highest BCUT2D eigenvalue weighted by Crippen LogP contribution is 2.26. The number of piperidine rings is 1. The van der Waals surface area contributed by atoms with Crippen LogP contribution in [0.5, 0.6) is 0 Å². The molecule has 0 spiro atoms. The number of Topliss-reactive ketones (excluding diaryl/α,β-unsaturated/α-hetero) is 1. The topological polar surface area (TPSA) is 108 Å². The van der Waals surface area contributed by atoms with Crippen LogP contribution in [0.15, 0.2) is 49.1 Å². The van der Waals surface area contributed by atoms with Gasteiger partial charge in [0.2, 0.25) is 11.8 Å². The van der Waals surface area contributed by atoms with Crippen molar-refractivity contribution in [2.24, 2.45) is 17.8 Å². The van der Waals surface area contributed by atoms with E-state index in [1.54, 1.807) is 32.3 Å². The molecule has 1 aliphatic rings. The normalized spacial score (nSPS) is 18.8. The third-order valence-corrected chi connectivity index (χ3v) is 6.95.